The third kappa shape index (κ3) is 2.06. The van der Waals surface area contributed by atoms with Crippen molar-refractivity contribution in [2.24, 2.45) is 5.73 Å². The Morgan fingerprint density at radius 2 is 2.31 bits per heavy atom. The van der Waals surface area contributed by atoms with Gasteiger partial charge in [-0.25, -0.2) is 0 Å². The second kappa shape index (κ2) is 3.57. The summed E-state index contributed by atoms with van der Waals surface area (Å²) in [5.74, 6) is -1.000. The van der Waals surface area contributed by atoms with Gasteiger partial charge in [-0.2, -0.15) is 5.10 Å². The van der Waals surface area contributed by atoms with Crippen molar-refractivity contribution < 1.29 is 9.90 Å². The molecule has 1 aromatic heterocycles. The van der Waals surface area contributed by atoms with E-state index in [4.69, 9.17) is 10.8 Å². The lowest BCUT2D eigenvalue weighted by atomic mass is 10.1. The number of rotatable bonds is 3. The molecule has 5 nitrogen and oxygen atoms in total. The molecular weight excluding hydrogens is 170 g/mol. The fourth-order valence-electron chi connectivity index (χ4n) is 1.03. The Labute approximate surface area is 75.9 Å². The van der Waals surface area contributed by atoms with Gasteiger partial charge >= 0.3 is 5.97 Å². The van der Waals surface area contributed by atoms with Crippen LogP contribution in [0.1, 0.15) is 17.0 Å². The number of nitrogens with two attached hydrogens (primary N) is 1. The van der Waals surface area contributed by atoms with Crippen LogP contribution in [-0.4, -0.2) is 27.3 Å². The molecule has 0 fully saturated rings. The van der Waals surface area contributed by atoms with E-state index in [-0.39, 0.29) is 6.42 Å². The van der Waals surface area contributed by atoms with Crippen molar-refractivity contribution in [2.75, 3.05) is 0 Å². The summed E-state index contributed by atoms with van der Waals surface area (Å²) >= 11 is 0. The van der Waals surface area contributed by atoms with E-state index in [2.05, 4.69) is 10.2 Å². The highest BCUT2D eigenvalue weighted by Crippen LogP contribution is 2.09. The molecular formula is C8H13N3O2. The van der Waals surface area contributed by atoms with Crippen LogP contribution < -0.4 is 5.73 Å². The second-order valence-electron chi connectivity index (χ2n) is 3.07. The van der Waals surface area contributed by atoms with Crippen molar-refractivity contribution in [3.63, 3.8) is 0 Å². The van der Waals surface area contributed by atoms with Gasteiger partial charge in [0.2, 0.25) is 0 Å². The number of aromatic nitrogens is 2. The lowest BCUT2D eigenvalue weighted by Crippen LogP contribution is -2.32. The first kappa shape index (κ1) is 9.73. The Morgan fingerprint density at radius 1 is 1.69 bits per heavy atom. The van der Waals surface area contributed by atoms with Gasteiger partial charge in [0.15, 0.2) is 0 Å². The van der Waals surface area contributed by atoms with E-state index in [1.165, 1.54) is 0 Å². The zero-order valence-electron chi connectivity index (χ0n) is 7.66. The third-order valence-electron chi connectivity index (χ3n) is 2.08. The quantitative estimate of drug-likeness (QED) is 0.614. The van der Waals surface area contributed by atoms with Crippen LogP contribution in [0.15, 0.2) is 0 Å². The summed E-state index contributed by atoms with van der Waals surface area (Å²) in [7, 11) is 0. The van der Waals surface area contributed by atoms with Gasteiger partial charge in [-0.05, 0) is 19.4 Å². The van der Waals surface area contributed by atoms with Crippen molar-refractivity contribution in [1.82, 2.24) is 10.2 Å². The number of carboxylic acids is 1. The van der Waals surface area contributed by atoms with Gasteiger partial charge in [-0.1, -0.05) is 0 Å². The van der Waals surface area contributed by atoms with Gasteiger partial charge in [0, 0.05) is 12.1 Å². The summed E-state index contributed by atoms with van der Waals surface area (Å²) in [4.78, 5) is 10.5. The van der Waals surface area contributed by atoms with E-state index in [1.807, 2.05) is 13.8 Å². The van der Waals surface area contributed by atoms with Gasteiger partial charge in [-0.15, -0.1) is 0 Å². The Kier molecular flexibility index (Phi) is 2.67. The molecule has 0 aliphatic carbocycles. The number of H-pyrrole nitrogens is 1. The highest BCUT2D eigenvalue weighted by atomic mass is 16.4. The average molecular weight is 183 g/mol. The molecule has 0 aliphatic heterocycles. The van der Waals surface area contributed by atoms with E-state index < -0.39 is 12.0 Å². The van der Waals surface area contributed by atoms with Crippen LogP contribution in [0.4, 0.5) is 0 Å². The van der Waals surface area contributed by atoms with E-state index in [1.54, 1.807) is 0 Å². The molecule has 1 rings (SSSR count). The molecule has 1 aromatic rings. The van der Waals surface area contributed by atoms with E-state index in [0.29, 0.717) is 0 Å². The zero-order chi connectivity index (χ0) is 10.0. The fourth-order valence-corrected chi connectivity index (χ4v) is 1.03. The zero-order valence-corrected chi connectivity index (χ0v) is 7.66. The number of nitrogens with one attached hydrogen (secondary N) is 1. The largest absolute Gasteiger partial charge is 0.480 e. The maximum absolute atomic E-state index is 10.5. The first-order valence-corrected chi connectivity index (χ1v) is 4.01. The Bertz CT molecular complexity index is 319. The Balaban J connectivity index is 2.74. The third-order valence-corrected chi connectivity index (χ3v) is 2.08. The van der Waals surface area contributed by atoms with Crippen molar-refractivity contribution in [2.45, 2.75) is 26.3 Å². The molecule has 0 amide bonds. The number of nitrogens with zero attached hydrogens (tertiary/aromatic N) is 1. The molecule has 0 aromatic carbocycles. The molecule has 1 heterocycles. The number of carboxylic acid groups (broad SMARTS) is 1. The fraction of sp³-hybridized carbons (Fsp3) is 0.500. The van der Waals surface area contributed by atoms with Gasteiger partial charge in [0.1, 0.15) is 6.04 Å². The molecule has 5 heteroatoms. The Hall–Kier alpha value is -1.36. The summed E-state index contributed by atoms with van der Waals surface area (Å²) in [5.41, 5.74) is 8.04. The predicted molar refractivity (Wildman–Crippen MR) is 47.4 cm³/mol. The monoisotopic (exact) mass is 183 g/mol. The van der Waals surface area contributed by atoms with Gasteiger partial charge in [-0.3, -0.25) is 9.89 Å². The minimum absolute atomic E-state index is 0.269. The van der Waals surface area contributed by atoms with Gasteiger partial charge in [0.05, 0.1) is 5.69 Å². The molecule has 0 saturated carbocycles. The van der Waals surface area contributed by atoms with E-state index in [0.717, 1.165) is 17.0 Å². The number of carbonyl (C=O) groups is 1. The second-order valence-corrected chi connectivity index (χ2v) is 3.07. The van der Waals surface area contributed by atoms with Crippen LogP contribution in [-0.2, 0) is 11.2 Å². The molecule has 0 bridgehead atoms. The molecule has 4 N–H and O–H groups in total. The molecule has 1 unspecified atom stereocenters. The van der Waals surface area contributed by atoms with Crippen LogP contribution in [0, 0.1) is 13.8 Å². The number of hydrogen-bond acceptors (Lipinski definition) is 3. The van der Waals surface area contributed by atoms with Gasteiger partial charge < -0.3 is 10.8 Å². The predicted octanol–water partition coefficient (Wildman–Crippen LogP) is -0.0191. The number of hydrogen-bond donors (Lipinski definition) is 3. The maximum Gasteiger partial charge on any atom is 0.320 e. The number of aliphatic carboxylic acids is 1. The highest BCUT2D eigenvalue weighted by molar-refractivity contribution is 5.73. The Morgan fingerprint density at radius 3 is 2.69 bits per heavy atom. The maximum atomic E-state index is 10.5. The summed E-state index contributed by atoms with van der Waals surface area (Å²) in [6.45, 7) is 3.78. The normalized spacial score (nSPS) is 12.8. The summed E-state index contributed by atoms with van der Waals surface area (Å²) in [6.07, 6.45) is 0.269. The van der Waals surface area contributed by atoms with E-state index in [9.17, 15) is 4.79 Å². The molecule has 1 atom stereocenters. The SMILES string of the molecule is Cc1[nH]nc(CC(N)C(=O)O)c1C. The minimum Gasteiger partial charge on any atom is -0.480 e. The lowest BCUT2D eigenvalue weighted by Gasteiger charge is -2.03. The average Bonchev–Trinajstić information content (AvgIpc) is 2.36. The van der Waals surface area contributed by atoms with Crippen LogP contribution in [0.3, 0.4) is 0 Å². The van der Waals surface area contributed by atoms with Crippen LogP contribution in [0.5, 0.6) is 0 Å². The smallest absolute Gasteiger partial charge is 0.320 e. The van der Waals surface area contributed by atoms with Crippen molar-refractivity contribution in [1.29, 1.82) is 0 Å². The van der Waals surface area contributed by atoms with Crippen molar-refractivity contribution >= 4 is 5.97 Å². The topological polar surface area (TPSA) is 92.0 Å². The standard InChI is InChI=1S/C8H13N3O2/c1-4-5(2)10-11-7(4)3-6(9)8(12)13/h6H,3,9H2,1-2H3,(H,10,11)(H,12,13). The molecule has 0 spiro atoms. The highest BCUT2D eigenvalue weighted by Gasteiger charge is 2.15. The van der Waals surface area contributed by atoms with Gasteiger partial charge in [0.25, 0.3) is 0 Å². The molecule has 13 heavy (non-hydrogen) atoms. The minimum atomic E-state index is -1.000. The van der Waals surface area contributed by atoms with Crippen LogP contribution in [0.25, 0.3) is 0 Å². The lowest BCUT2D eigenvalue weighted by molar-refractivity contribution is -0.138. The van der Waals surface area contributed by atoms with Crippen molar-refractivity contribution in [3.05, 3.63) is 17.0 Å². The molecule has 0 saturated heterocycles. The summed E-state index contributed by atoms with van der Waals surface area (Å²) in [6, 6.07) is -0.874. The molecule has 72 valence electrons. The first-order chi connectivity index (χ1) is 6.02. The van der Waals surface area contributed by atoms with Crippen LogP contribution >= 0.6 is 0 Å². The molecule has 0 aliphatic rings. The van der Waals surface area contributed by atoms with Crippen molar-refractivity contribution in [3.8, 4) is 0 Å². The first-order valence-electron chi connectivity index (χ1n) is 4.01. The summed E-state index contributed by atoms with van der Waals surface area (Å²) < 4.78 is 0. The number of aromatic amines is 1. The van der Waals surface area contributed by atoms with E-state index >= 15 is 0 Å². The number of aryl methyl sites for hydroxylation is 1. The summed E-state index contributed by atoms with van der Waals surface area (Å²) in [5, 5.41) is 15.3. The van der Waals surface area contributed by atoms with Crippen LogP contribution in [0.2, 0.25) is 0 Å². The molecule has 0 radical (unpaired) electrons.